The molecule has 0 aromatic heterocycles. The van der Waals surface area contributed by atoms with Crippen LogP contribution < -0.4 is 5.32 Å². The zero-order valence-corrected chi connectivity index (χ0v) is 13.6. The lowest BCUT2D eigenvalue weighted by atomic mass is 10.0. The van der Waals surface area contributed by atoms with Crippen LogP contribution in [0.1, 0.15) is 30.6 Å². The molecule has 0 saturated heterocycles. The lowest BCUT2D eigenvalue weighted by Gasteiger charge is -2.21. The molecule has 0 heterocycles. The molecule has 0 radical (unpaired) electrons. The van der Waals surface area contributed by atoms with Crippen LogP contribution in [0.25, 0.3) is 0 Å². The summed E-state index contributed by atoms with van der Waals surface area (Å²) in [4.78, 5) is 12.0. The van der Waals surface area contributed by atoms with E-state index in [9.17, 15) is 18.3 Å². The topological polar surface area (TPSA) is 86.7 Å². The van der Waals surface area contributed by atoms with E-state index in [0.717, 1.165) is 4.31 Å². The van der Waals surface area contributed by atoms with Gasteiger partial charge in [0, 0.05) is 26.2 Å². The highest BCUT2D eigenvalue weighted by molar-refractivity contribution is 7.89. The Morgan fingerprint density at radius 2 is 1.81 bits per heavy atom. The second-order valence-electron chi connectivity index (χ2n) is 5.34. The first-order valence-electron chi connectivity index (χ1n) is 6.63. The van der Waals surface area contributed by atoms with Crippen molar-refractivity contribution in [1.29, 1.82) is 0 Å². The number of hydrogen-bond acceptors (Lipinski definition) is 4. The van der Waals surface area contributed by atoms with Gasteiger partial charge in [-0.05, 0) is 37.6 Å². The Hall–Kier alpha value is -1.44. The number of nitrogens with zero attached hydrogens (tertiary/aromatic N) is 1. The van der Waals surface area contributed by atoms with Gasteiger partial charge in [-0.25, -0.2) is 12.7 Å². The molecule has 1 unspecified atom stereocenters. The van der Waals surface area contributed by atoms with E-state index in [1.54, 1.807) is 6.92 Å². The quantitative estimate of drug-likeness (QED) is 0.814. The van der Waals surface area contributed by atoms with Crippen LogP contribution in [0.15, 0.2) is 29.2 Å². The highest BCUT2D eigenvalue weighted by Crippen LogP contribution is 2.14. The highest BCUT2D eigenvalue weighted by atomic mass is 32.2. The summed E-state index contributed by atoms with van der Waals surface area (Å²) in [5.74, 6) is -0.350. The third-order valence-electron chi connectivity index (χ3n) is 3.29. The predicted octanol–water partition coefficient (Wildman–Crippen LogP) is 0.828. The van der Waals surface area contributed by atoms with Gasteiger partial charge < -0.3 is 10.4 Å². The highest BCUT2D eigenvalue weighted by Gasteiger charge is 2.20. The molecule has 7 heteroatoms. The van der Waals surface area contributed by atoms with E-state index in [1.165, 1.54) is 38.4 Å². The molecule has 0 spiro atoms. The van der Waals surface area contributed by atoms with Crippen LogP contribution in [0.4, 0.5) is 0 Å². The summed E-state index contributed by atoms with van der Waals surface area (Å²) in [5, 5.41) is 12.5. The summed E-state index contributed by atoms with van der Waals surface area (Å²) < 4.78 is 24.9. The van der Waals surface area contributed by atoms with E-state index in [-0.39, 0.29) is 17.3 Å². The van der Waals surface area contributed by atoms with Gasteiger partial charge >= 0.3 is 0 Å². The van der Waals surface area contributed by atoms with E-state index in [2.05, 4.69) is 5.32 Å². The van der Waals surface area contributed by atoms with Crippen LogP contribution in [0.5, 0.6) is 0 Å². The Kier molecular flexibility index (Phi) is 5.49. The Morgan fingerprint density at radius 1 is 1.29 bits per heavy atom. The second-order valence-corrected chi connectivity index (χ2v) is 7.50. The smallest absolute Gasteiger partial charge is 0.251 e. The van der Waals surface area contributed by atoms with E-state index >= 15 is 0 Å². The van der Waals surface area contributed by atoms with Gasteiger partial charge in [0.05, 0.1) is 10.5 Å². The number of benzene rings is 1. The van der Waals surface area contributed by atoms with Gasteiger partial charge in [-0.1, -0.05) is 6.92 Å². The fourth-order valence-corrected chi connectivity index (χ4v) is 2.39. The van der Waals surface area contributed by atoms with Gasteiger partial charge in [0.2, 0.25) is 10.0 Å². The summed E-state index contributed by atoms with van der Waals surface area (Å²) in [7, 11) is -0.603. The molecule has 0 fully saturated rings. The van der Waals surface area contributed by atoms with Crippen LogP contribution in [0.2, 0.25) is 0 Å². The fourth-order valence-electron chi connectivity index (χ4n) is 1.49. The average Bonchev–Trinajstić information content (AvgIpc) is 2.44. The summed E-state index contributed by atoms with van der Waals surface area (Å²) in [6, 6.07) is 5.68. The molecule has 2 N–H and O–H groups in total. The maximum atomic E-state index is 11.9. The fraction of sp³-hybridized carbons (Fsp3) is 0.500. The third kappa shape index (κ3) is 4.52. The zero-order chi connectivity index (χ0) is 16.3. The number of nitrogens with one attached hydrogen (secondary N) is 1. The minimum Gasteiger partial charge on any atom is -0.388 e. The molecule has 1 amide bonds. The normalized spacial score (nSPS) is 14.8. The summed E-state index contributed by atoms with van der Waals surface area (Å²) in [6.07, 6.45) is 0.521. The molecule has 118 valence electrons. The third-order valence-corrected chi connectivity index (χ3v) is 5.12. The Morgan fingerprint density at radius 3 is 2.24 bits per heavy atom. The van der Waals surface area contributed by atoms with Crippen molar-refractivity contribution in [2.24, 2.45) is 0 Å². The molecule has 6 nitrogen and oxygen atoms in total. The van der Waals surface area contributed by atoms with Crippen molar-refractivity contribution < 1.29 is 18.3 Å². The minimum atomic E-state index is -3.50. The van der Waals surface area contributed by atoms with Crippen molar-refractivity contribution in [3.05, 3.63) is 29.8 Å². The van der Waals surface area contributed by atoms with E-state index < -0.39 is 15.6 Å². The van der Waals surface area contributed by atoms with E-state index in [4.69, 9.17) is 0 Å². The van der Waals surface area contributed by atoms with Crippen molar-refractivity contribution in [3.8, 4) is 0 Å². The van der Waals surface area contributed by atoms with Crippen molar-refractivity contribution >= 4 is 15.9 Å². The van der Waals surface area contributed by atoms with Crippen LogP contribution in [0, 0.1) is 0 Å². The molecule has 1 aromatic rings. The number of aliphatic hydroxyl groups is 1. The summed E-state index contributed by atoms with van der Waals surface area (Å²) in [5.41, 5.74) is -0.608. The van der Waals surface area contributed by atoms with E-state index in [1.807, 2.05) is 6.92 Å². The average molecular weight is 314 g/mol. The number of sulfonamides is 1. The lowest BCUT2D eigenvalue weighted by Crippen LogP contribution is -2.40. The predicted molar refractivity (Wildman–Crippen MR) is 80.6 cm³/mol. The van der Waals surface area contributed by atoms with Gasteiger partial charge in [-0.2, -0.15) is 0 Å². The molecular weight excluding hydrogens is 292 g/mol. The first kappa shape index (κ1) is 17.6. The maximum absolute atomic E-state index is 11.9. The number of carbonyl (C=O) groups excluding carboxylic acids is 1. The molecule has 1 rings (SSSR count). The Labute approximate surface area is 125 Å². The molecule has 0 bridgehead atoms. The largest absolute Gasteiger partial charge is 0.388 e. The van der Waals surface area contributed by atoms with Crippen LogP contribution >= 0.6 is 0 Å². The van der Waals surface area contributed by atoms with Crippen molar-refractivity contribution in [1.82, 2.24) is 9.62 Å². The Balaban J connectivity index is 2.82. The molecule has 1 aromatic carbocycles. The monoisotopic (exact) mass is 314 g/mol. The molecular formula is C14H22N2O4S. The van der Waals surface area contributed by atoms with Crippen LogP contribution in [-0.2, 0) is 10.0 Å². The Bertz CT molecular complexity index is 592. The summed E-state index contributed by atoms with van der Waals surface area (Å²) >= 11 is 0. The lowest BCUT2D eigenvalue weighted by molar-refractivity contribution is 0.0518. The van der Waals surface area contributed by atoms with Crippen LogP contribution in [-0.4, -0.2) is 50.0 Å². The van der Waals surface area contributed by atoms with Crippen LogP contribution in [0.3, 0.4) is 0 Å². The number of hydrogen-bond donors (Lipinski definition) is 2. The van der Waals surface area contributed by atoms with Gasteiger partial charge in [0.1, 0.15) is 0 Å². The minimum absolute atomic E-state index is 0.129. The molecule has 0 aliphatic heterocycles. The molecule has 0 aliphatic carbocycles. The van der Waals surface area contributed by atoms with Crippen molar-refractivity contribution in [3.63, 3.8) is 0 Å². The SMILES string of the molecule is CCC(C)(O)CNC(=O)c1ccc(S(=O)(=O)N(C)C)cc1. The van der Waals surface area contributed by atoms with Gasteiger partial charge in [0.25, 0.3) is 5.91 Å². The van der Waals surface area contributed by atoms with E-state index in [0.29, 0.717) is 12.0 Å². The maximum Gasteiger partial charge on any atom is 0.251 e. The van der Waals surface area contributed by atoms with Gasteiger partial charge in [-0.15, -0.1) is 0 Å². The standard InChI is InChI=1S/C14H22N2O4S/c1-5-14(2,18)10-15-13(17)11-6-8-12(9-7-11)21(19,20)16(3)4/h6-9,18H,5,10H2,1-4H3,(H,15,17). The first-order chi connectivity index (χ1) is 9.60. The van der Waals surface area contributed by atoms with Gasteiger partial charge in [0.15, 0.2) is 0 Å². The molecule has 1 atom stereocenters. The molecule has 0 saturated carbocycles. The molecule has 21 heavy (non-hydrogen) atoms. The summed E-state index contributed by atoms with van der Waals surface area (Å²) in [6.45, 7) is 3.60. The van der Waals surface area contributed by atoms with Gasteiger partial charge in [-0.3, -0.25) is 4.79 Å². The number of amides is 1. The number of rotatable bonds is 6. The zero-order valence-electron chi connectivity index (χ0n) is 12.8. The molecule has 0 aliphatic rings. The number of carbonyl (C=O) groups is 1. The second kappa shape index (κ2) is 6.55. The van der Waals surface area contributed by atoms with Crippen molar-refractivity contribution in [2.45, 2.75) is 30.8 Å². The first-order valence-corrected chi connectivity index (χ1v) is 8.07. The van der Waals surface area contributed by atoms with Crippen molar-refractivity contribution in [2.75, 3.05) is 20.6 Å².